The summed E-state index contributed by atoms with van der Waals surface area (Å²) in [6.45, 7) is 45.2. The zero-order valence-corrected chi connectivity index (χ0v) is 31.7. The number of hydrogen-bond acceptors (Lipinski definition) is 0. The Morgan fingerprint density at radius 3 is 0.975 bits per heavy atom. The summed E-state index contributed by atoms with van der Waals surface area (Å²) in [4.78, 5) is 0. The van der Waals surface area contributed by atoms with Crippen LogP contribution in [0.4, 0.5) is 0 Å². The molecule has 0 aromatic heterocycles. The van der Waals surface area contributed by atoms with Gasteiger partial charge in [0.15, 0.2) is 0 Å². The van der Waals surface area contributed by atoms with Gasteiger partial charge in [0.2, 0.25) is 0 Å². The van der Waals surface area contributed by atoms with E-state index in [1.54, 1.807) is 10.3 Å². The van der Waals surface area contributed by atoms with Crippen LogP contribution in [0.15, 0.2) is 24.3 Å². The highest BCUT2D eigenvalue weighted by Gasteiger charge is 2.31. The molecule has 1 unspecified atom stereocenters. The molecule has 224 valence electrons. The monoisotopic (exact) mass is 580 g/mol. The maximum atomic E-state index is 2.53. The second-order valence-corrected chi connectivity index (χ2v) is 21.5. The lowest BCUT2D eigenvalue weighted by Crippen LogP contribution is -2.31. The van der Waals surface area contributed by atoms with Crippen molar-refractivity contribution in [3.05, 3.63) is 57.6 Å². The van der Waals surface area contributed by atoms with Crippen LogP contribution in [0.25, 0.3) is 0 Å². The van der Waals surface area contributed by atoms with E-state index in [2.05, 4.69) is 156 Å². The van der Waals surface area contributed by atoms with Crippen LogP contribution in [0.2, 0.25) is 0 Å². The van der Waals surface area contributed by atoms with Crippen molar-refractivity contribution in [1.29, 1.82) is 0 Å². The molecule has 2 aromatic carbocycles. The Hall–Kier alpha value is -0.960. The first-order chi connectivity index (χ1) is 17.5. The van der Waals surface area contributed by atoms with E-state index < -0.39 is 0 Å². The molecular weight excluding hydrogens is 518 g/mol. The number of rotatable bonds is 3. The quantitative estimate of drug-likeness (QED) is 0.317. The topological polar surface area (TPSA) is 0 Å². The fraction of sp³-hybridized carbons (Fsp3) is 0.658. The van der Waals surface area contributed by atoms with Crippen molar-refractivity contribution >= 4 is 32.4 Å². The molecule has 0 aliphatic rings. The van der Waals surface area contributed by atoms with E-state index >= 15 is 0 Å². The SMILES string of the molecule is CC(=Pc1c(C(C)(C)C)cc(C(C)(C)C)cc1C(C)(C)C)Pc1c(C(C)(C)C)cc(C(C)(C)C)cc1C(C)(C)C. The first-order valence-corrected chi connectivity index (χ1v) is 17.2. The van der Waals surface area contributed by atoms with Crippen LogP contribution in [0.3, 0.4) is 0 Å². The molecule has 0 bridgehead atoms. The Balaban J connectivity index is 2.95. The van der Waals surface area contributed by atoms with Crippen LogP contribution in [0, 0.1) is 0 Å². The third-order valence-corrected chi connectivity index (χ3v) is 10.7. The largest absolute Gasteiger partial charge is 0.0640 e. The van der Waals surface area contributed by atoms with Crippen LogP contribution in [0.1, 0.15) is 165 Å². The second kappa shape index (κ2) is 11.3. The summed E-state index contributed by atoms with van der Waals surface area (Å²) in [6, 6.07) is 10.1. The van der Waals surface area contributed by atoms with Crippen LogP contribution in [0.5, 0.6) is 0 Å². The Morgan fingerprint density at radius 2 is 0.725 bits per heavy atom. The lowest BCUT2D eigenvalue weighted by Gasteiger charge is -2.34. The lowest BCUT2D eigenvalue weighted by molar-refractivity contribution is 0.553. The predicted molar refractivity (Wildman–Crippen MR) is 190 cm³/mol. The standard InChI is InChI=1S/C38H62P2/c1-24(39-31-27(35(8,9)10)20-25(33(2,3)4)21-28(31)36(11,12)13)40-32-29(37(14,15)16)22-26(34(5,6)7)23-30(32)38(17,18)19/h20-23,39H,1-19H3. The van der Waals surface area contributed by atoms with Gasteiger partial charge in [-0.15, -0.1) is 0 Å². The van der Waals surface area contributed by atoms with Gasteiger partial charge in [0, 0.05) is 5.30 Å². The molecule has 2 heteroatoms. The Labute approximate surface area is 253 Å². The maximum Gasteiger partial charge on any atom is 0.00956 e. The molecule has 0 spiro atoms. The van der Waals surface area contributed by atoms with E-state index in [9.17, 15) is 0 Å². The fourth-order valence-corrected chi connectivity index (χ4v) is 8.90. The second-order valence-electron chi connectivity index (χ2n) is 18.2. The summed E-state index contributed by atoms with van der Waals surface area (Å²) >= 11 is 0. The molecule has 0 N–H and O–H groups in total. The van der Waals surface area contributed by atoms with Crippen LogP contribution in [-0.2, 0) is 32.5 Å². The van der Waals surface area contributed by atoms with Gasteiger partial charge in [-0.05, 0) is 83.1 Å². The molecule has 0 aliphatic heterocycles. The third kappa shape index (κ3) is 8.54. The molecule has 1 atom stereocenters. The van der Waals surface area contributed by atoms with Gasteiger partial charge in [-0.25, -0.2) is 0 Å². The highest BCUT2D eigenvalue weighted by Crippen LogP contribution is 2.40. The lowest BCUT2D eigenvalue weighted by atomic mass is 9.75. The van der Waals surface area contributed by atoms with E-state index in [-0.39, 0.29) is 32.5 Å². The molecule has 0 fully saturated rings. The van der Waals surface area contributed by atoms with Crippen LogP contribution < -0.4 is 10.6 Å². The van der Waals surface area contributed by atoms with Gasteiger partial charge < -0.3 is 0 Å². The van der Waals surface area contributed by atoms with Crippen LogP contribution in [-0.4, -0.2) is 5.03 Å². The minimum absolute atomic E-state index is 0.0779. The van der Waals surface area contributed by atoms with Crippen molar-refractivity contribution in [1.82, 2.24) is 0 Å². The fourth-order valence-electron chi connectivity index (χ4n) is 5.10. The highest BCUT2D eigenvalue weighted by atomic mass is 31.1. The molecule has 0 saturated heterocycles. The zero-order valence-electron chi connectivity index (χ0n) is 29.8. The molecule has 0 saturated carbocycles. The summed E-state index contributed by atoms with van der Waals surface area (Å²) in [5, 5.41) is 4.65. The van der Waals surface area contributed by atoms with E-state index in [1.807, 2.05) is 0 Å². The molecule has 0 nitrogen and oxygen atoms in total. The van der Waals surface area contributed by atoms with E-state index in [4.69, 9.17) is 0 Å². The van der Waals surface area contributed by atoms with Gasteiger partial charge in [0.1, 0.15) is 0 Å². The summed E-state index contributed by atoms with van der Waals surface area (Å²) in [7, 11) is 2.05. The van der Waals surface area contributed by atoms with Crippen molar-refractivity contribution in [3.63, 3.8) is 0 Å². The molecule has 2 aromatic rings. The summed E-state index contributed by atoms with van der Waals surface area (Å²) in [5.41, 5.74) is 9.52. The zero-order chi connectivity index (χ0) is 31.4. The van der Waals surface area contributed by atoms with E-state index in [0.717, 1.165) is 0 Å². The van der Waals surface area contributed by atoms with Gasteiger partial charge in [0.05, 0.1) is 0 Å². The highest BCUT2D eigenvalue weighted by molar-refractivity contribution is 7.79. The van der Waals surface area contributed by atoms with Gasteiger partial charge in [-0.2, -0.15) is 0 Å². The average molecular weight is 581 g/mol. The Morgan fingerprint density at radius 1 is 0.450 bits per heavy atom. The van der Waals surface area contributed by atoms with Crippen molar-refractivity contribution in [3.8, 4) is 0 Å². The van der Waals surface area contributed by atoms with E-state index in [1.165, 1.54) is 46.9 Å². The molecular formula is C38H62P2. The number of hydrogen-bond donors (Lipinski definition) is 0. The predicted octanol–water partition coefficient (Wildman–Crippen LogP) is 11.2. The third-order valence-electron chi connectivity index (χ3n) is 7.80. The minimum atomic E-state index is 0.0779. The minimum Gasteiger partial charge on any atom is -0.0640 e. The maximum absolute atomic E-state index is 2.53. The van der Waals surface area contributed by atoms with Crippen molar-refractivity contribution in [2.24, 2.45) is 0 Å². The summed E-state index contributed by atoms with van der Waals surface area (Å²) < 4.78 is 0. The van der Waals surface area contributed by atoms with Gasteiger partial charge >= 0.3 is 0 Å². The van der Waals surface area contributed by atoms with Gasteiger partial charge in [-0.1, -0.05) is 166 Å². The average Bonchev–Trinajstić information content (AvgIpc) is 2.68. The summed E-state index contributed by atoms with van der Waals surface area (Å²) in [5.74, 6) is 0. The van der Waals surface area contributed by atoms with Gasteiger partial charge in [-0.3, -0.25) is 0 Å². The van der Waals surface area contributed by atoms with Gasteiger partial charge in [0.25, 0.3) is 0 Å². The normalized spacial score (nSPS) is 14.9. The molecule has 0 amide bonds. The molecule has 0 heterocycles. The molecule has 0 aliphatic carbocycles. The van der Waals surface area contributed by atoms with E-state index in [0.29, 0.717) is 8.58 Å². The molecule has 0 radical (unpaired) electrons. The summed E-state index contributed by atoms with van der Waals surface area (Å²) in [6.07, 6.45) is 0. The van der Waals surface area contributed by atoms with Crippen molar-refractivity contribution in [2.75, 3.05) is 0 Å². The van der Waals surface area contributed by atoms with Crippen molar-refractivity contribution in [2.45, 2.75) is 164 Å². The van der Waals surface area contributed by atoms with Crippen molar-refractivity contribution < 1.29 is 0 Å². The Kier molecular flexibility index (Phi) is 9.93. The molecule has 2 rings (SSSR count). The number of benzene rings is 2. The van der Waals surface area contributed by atoms with Crippen LogP contribution >= 0.6 is 16.8 Å². The Bertz CT molecular complexity index is 1180. The first-order valence-electron chi connectivity index (χ1n) is 15.3. The smallest absolute Gasteiger partial charge is 0.00956 e. The molecule has 40 heavy (non-hydrogen) atoms. The first kappa shape index (κ1) is 35.2.